The highest BCUT2D eigenvalue weighted by Gasteiger charge is 2.43. The van der Waals surface area contributed by atoms with Crippen molar-refractivity contribution in [2.24, 2.45) is 0 Å². The van der Waals surface area contributed by atoms with Crippen LogP contribution in [0.15, 0.2) is 36.4 Å². The molecule has 0 aliphatic carbocycles. The lowest BCUT2D eigenvalue weighted by Gasteiger charge is -2.07. The summed E-state index contributed by atoms with van der Waals surface area (Å²) in [5.41, 5.74) is 0.575. The molecule has 1 aliphatic heterocycles. The molecule has 0 bridgehead atoms. The summed E-state index contributed by atoms with van der Waals surface area (Å²) in [4.78, 5) is 4.27. The van der Waals surface area contributed by atoms with Crippen LogP contribution in [0, 0.1) is 0 Å². The van der Waals surface area contributed by atoms with Gasteiger partial charge in [0.05, 0.1) is 0 Å². The number of benzene rings is 1. The molecular formula is C13H11F2N3O2. The molecule has 5 nitrogen and oxygen atoms in total. The Morgan fingerprint density at radius 3 is 2.60 bits per heavy atom. The fourth-order valence-electron chi connectivity index (χ4n) is 1.82. The number of anilines is 3. The second-order valence-corrected chi connectivity index (χ2v) is 4.11. The van der Waals surface area contributed by atoms with Crippen LogP contribution in [-0.4, -0.2) is 18.3 Å². The average molecular weight is 279 g/mol. The zero-order valence-electron chi connectivity index (χ0n) is 10.5. The van der Waals surface area contributed by atoms with Crippen LogP contribution in [0.25, 0.3) is 0 Å². The van der Waals surface area contributed by atoms with E-state index in [2.05, 4.69) is 25.1 Å². The van der Waals surface area contributed by atoms with Gasteiger partial charge in [-0.15, -0.1) is 8.78 Å². The number of halogens is 2. The lowest BCUT2D eigenvalue weighted by molar-refractivity contribution is -0.286. The maximum Gasteiger partial charge on any atom is 0.586 e. The van der Waals surface area contributed by atoms with Crippen molar-refractivity contribution in [1.29, 1.82) is 0 Å². The summed E-state index contributed by atoms with van der Waals surface area (Å²) in [6, 6.07) is 9.86. The first kappa shape index (κ1) is 12.5. The third-order valence-corrected chi connectivity index (χ3v) is 2.68. The fraction of sp³-hybridized carbons (Fsp3) is 0.154. The first-order chi connectivity index (χ1) is 9.55. The summed E-state index contributed by atoms with van der Waals surface area (Å²) < 4.78 is 34.5. The Balaban J connectivity index is 1.82. The van der Waals surface area contributed by atoms with E-state index in [0.29, 0.717) is 17.3 Å². The number of rotatable bonds is 3. The van der Waals surface area contributed by atoms with Gasteiger partial charge in [-0.2, -0.15) is 0 Å². The smallest absolute Gasteiger partial charge is 0.395 e. The van der Waals surface area contributed by atoms with Gasteiger partial charge in [-0.3, -0.25) is 0 Å². The quantitative estimate of drug-likeness (QED) is 0.903. The minimum Gasteiger partial charge on any atom is -0.395 e. The first-order valence-corrected chi connectivity index (χ1v) is 5.87. The van der Waals surface area contributed by atoms with Crippen LogP contribution in [0.4, 0.5) is 26.1 Å². The van der Waals surface area contributed by atoms with Crippen LogP contribution in [0.5, 0.6) is 11.5 Å². The van der Waals surface area contributed by atoms with Crippen molar-refractivity contribution in [2.45, 2.75) is 6.29 Å². The second-order valence-electron chi connectivity index (χ2n) is 4.11. The number of hydrogen-bond donors (Lipinski definition) is 2. The van der Waals surface area contributed by atoms with Crippen molar-refractivity contribution in [3.05, 3.63) is 36.4 Å². The van der Waals surface area contributed by atoms with Crippen molar-refractivity contribution < 1.29 is 18.3 Å². The van der Waals surface area contributed by atoms with E-state index in [0.717, 1.165) is 0 Å². The third-order valence-electron chi connectivity index (χ3n) is 2.68. The number of nitrogens with zero attached hydrogens (tertiary/aromatic N) is 1. The van der Waals surface area contributed by atoms with Gasteiger partial charge in [0, 0.05) is 18.8 Å². The van der Waals surface area contributed by atoms with Crippen molar-refractivity contribution >= 4 is 17.3 Å². The van der Waals surface area contributed by atoms with E-state index in [-0.39, 0.29) is 11.5 Å². The number of aromatic nitrogens is 1. The summed E-state index contributed by atoms with van der Waals surface area (Å²) in [6.07, 6.45) is -3.61. The predicted octanol–water partition coefficient (Wildman–Crippen LogP) is 3.19. The Labute approximate surface area is 113 Å². The summed E-state index contributed by atoms with van der Waals surface area (Å²) in [5.74, 6) is 1.28. The number of nitrogens with one attached hydrogen (secondary N) is 2. The summed E-state index contributed by atoms with van der Waals surface area (Å²) in [7, 11) is 1.76. The molecule has 1 aromatic heterocycles. The number of alkyl halides is 2. The van der Waals surface area contributed by atoms with Crippen LogP contribution in [-0.2, 0) is 0 Å². The average Bonchev–Trinajstić information content (AvgIpc) is 2.72. The van der Waals surface area contributed by atoms with E-state index in [1.54, 1.807) is 19.2 Å². The molecule has 2 N–H and O–H groups in total. The summed E-state index contributed by atoms with van der Waals surface area (Å²) in [6.45, 7) is 0. The van der Waals surface area contributed by atoms with Gasteiger partial charge >= 0.3 is 6.29 Å². The molecule has 0 amide bonds. The lowest BCUT2D eigenvalue weighted by Crippen LogP contribution is -2.25. The van der Waals surface area contributed by atoms with E-state index in [1.165, 1.54) is 12.1 Å². The lowest BCUT2D eigenvalue weighted by atomic mass is 10.2. The molecule has 0 spiro atoms. The molecule has 20 heavy (non-hydrogen) atoms. The molecular weight excluding hydrogens is 268 g/mol. The van der Waals surface area contributed by atoms with Gasteiger partial charge in [0.1, 0.15) is 11.6 Å². The molecule has 0 atom stereocenters. The van der Waals surface area contributed by atoms with Gasteiger partial charge in [-0.25, -0.2) is 4.98 Å². The Kier molecular flexibility index (Phi) is 2.81. The molecule has 2 aromatic rings. The van der Waals surface area contributed by atoms with Crippen LogP contribution in [0.1, 0.15) is 0 Å². The molecule has 0 unspecified atom stereocenters. The number of hydrogen-bond acceptors (Lipinski definition) is 5. The van der Waals surface area contributed by atoms with Gasteiger partial charge in [-0.05, 0) is 24.3 Å². The highest BCUT2D eigenvalue weighted by Crippen LogP contribution is 2.42. The minimum atomic E-state index is -3.61. The molecule has 0 radical (unpaired) electrons. The second kappa shape index (κ2) is 4.52. The standard InChI is InChI=1S/C13H11F2N3O2/c1-16-11-3-2-4-12(18-11)17-8-5-6-9-10(7-8)20-13(14,15)19-9/h2-7H,1H3,(H2,16,17,18). The normalized spacial score (nSPS) is 14.9. The first-order valence-electron chi connectivity index (χ1n) is 5.87. The molecule has 0 saturated carbocycles. The van der Waals surface area contributed by atoms with Crippen LogP contribution in [0.3, 0.4) is 0 Å². The number of ether oxygens (including phenoxy) is 2. The largest absolute Gasteiger partial charge is 0.586 e. The molecule has 2 heterocycles. The number of pyridine rings is 1. The van der Waals surface area contributed by atoms with Crippen molar-refractivity contribution in [2.75, 3.05) is 17.7 Å². The van der Waals surface area contributed by atoms with E-state index >= 15 is 0 Å². The van der Waals surface area contributed by atoms with Gasteiger partial charge in [0.2, 0.25) is 0 Å². The molecule has 1 aliphatic rings. The highest BCUT2D eigenvalue weighted by atomic mass is 19.3. The van der Waals surface area contributed by atoms with Crippen molar-refractivity contribution in [3.8, 4) is 11.5 Å². The predicted molar refractivity (Wildman–Crippen MR) is 69.7 cm³/mol. The molecule has 1 aromatic carbocycles. The van der Waals surface area contributed by atoms with Crippen molar-refractivity contribution in [1.82, 2.24) is 4.98 Å². The van der Waals surface area contributed by atoms with Crippen LogP contribution in [0.2, 0.25) is 0 Å². The Morgan fingerprint density at radius 2 is 1.80 bits per heavy atom. The van der Waals surface area contributed by atoms with Gasteiger partial charge in [-0.1, -0.05) is 6.07 Å². The zero-order chi connectivity index (χ0) is 14.2. The Hall–Kier alpha value is -2.57. The molecule has 3 rings (SSSR count). The number of fused-ring (bicyclic) bond motifs is 1. The Morgan fingerprint density at radius 1 is 1.05 bits per heavy atom. The van der Waals surface area contributed by atoms with Crippen LogP contribution >= 0.6 is 0 Å². The van der Waals surface area contributed by atoms with E-state index in [4.69, 9.17) is 0 Å². The Bertz CT molecular complexity index is 649. The highest BCUT2D eigenvalue weighted by molar-refractivity contribution is 5.63. The van der Waals surface area contributed by atoms with E-state index < -0.39 is 6.29 Å². The zero-order valence-corrected chi connectivity index (χ0v) is 10.5. The van der Waals surface area contributed by atoms with Crippen LogP contribution < -0.4 is 20.1 Å². The van der Waals surface area contributed by atoms with Gasteiger partial charge in [0.25, 0.3) is 0 Å². The molecule has 104 valence electrons. The fourth-order valence-corrected chi connectivity index (χ4v) is 1.82. The topological polar surface area (TPSA) is 55.4 Å². The van der Waals surface area contributed by atoms with Gasteiger partial charge < -0.3 is 20.1 Å². The van der Waals surface area contributed by atoms with E-state index in [1.807, 2.05) is 12.1 Å². The molecule has 7 heteroatoms. The maximum atomic E-state index is 12.9. The molecule has 0 fully saturated rings. The minimum absolute atomic E-state index is 0.00947. The third kappa shape index (κ3) is 2.42. The summed E-state index contributed by atoms with van der Waals surface area (Å²) in [5, 5.41) is 5.91. The maximum absolute atomic E-state index is 12.9. The summed E-state index contributed by atoms with van der Waals surface area (Å²) >= 11 is 0. The monoisotopic (exact) mass is 279 g/mol. The van der Waals surface area contributed by atoms with Crippen molar-refractivity contribution in [3.63, 3.8) is 0 Å². The van der Waals surface area contributed by atoms with Gasteiger partial charge in [0.15, 0.2) is 11.5 Å². The van der Waals surface area contributed by atoms with E-state index in [9.17, 15) is 8.78 Å². The SMILES string of the molecule is CNc1cccc(Nc2ccc3c(c2)OC(F)(F)O3)n1. The molecule has 0 saturated heterocycles.